The number of thioether (sulfide) groups is 1. The van der Waals surface area contributed by atoms with Gasteiger partial charge in [0.05, 0.1) is 10.9 Å². The third-order valence-corrected chi connectivity index (χ3v) is 5.56. The van der Waals surface area contributed by atoms with Crippen molar-refractivity contribution in [2.24, 2.45) is 0 Å². The average Bonchev–Trinajstić information content (AvgIpc) is 2.84. The minimum Gasteiger partial charge on any atom is -0.324 e. The van der Waals surface area contributed by atoms with Crippen molar-refractivity contribution in [3.05, 3.63) is 57.2 Å². The highest BCUT2D eigenvalue weighted by Crippen LogP contribution is 2.38. The molecule has 0 radical (unpaired) electrons. The fourth-order valence-electron chi connectivity index (χ4n) is 2.26. The second kappa shape index (κ2) is 5.77. The standard InChI is InChI=1S/C16H14INOS/c1-10-6-7-11-9-15(20-14(11)8-10)16(19)18-13-5-3-2-4-12(13)17/h2-8,15H,9H2,1H3,(H,18,19)/t15-/m1/s1. The lowest BCUT2D eigenvalue weighted by Crippen LogP contribution is -2.25. The molecule has 3 rings (SSSR count). The number of anilines is 1. The van der Waals surface area contributed by atoms with Crippen molar-refractivity contribution in [1.29, 1.82) is 0 Å². The fourth-order valence-corrected chi connectivity index (χ4v) is 4.07. The molecule has 2 aromatic rings. The number of fused-ring (bicyclic) bond motifs is 1. The molecular weight excluding hydrogens is 381 g/mol. The number of hydrogen-bond donors (Lipinski definition) is 1. The lowest BCUT2D eigenvalue weighted by molar-refractivity contribution is -0.115. The Morgan fingerprint density at radius 2 is 2.10 bits per heavy atom. The molecule has 0 saturated carbocycles. The summed E-state index contributed by atoms with van der Waals surface area (Å²) >= 11 is 3.91. The van der Waals surface area contributed by atoms with E-state index in [9.17, 15) is 4.79 Å². The SMILES string of the molecule is Cc1ccc2c(c1)S[C@@H](C(=O)Nc1ccccc1I)C2. The summed E-state index contributed by atoms with van der Waals surface area (Å²) in [4.78, 5) is 13.6. The van der Waals surface area contributed by atoms with E-state index in [1.54, 1.807) is 11.8 Å². The number of nitrogens with one attached hydrogen (secondary N) is 1. The predicted molar refractivity (Wildman–Crippen MR) is 92.3 cm³/mol. The van der Waals surface area contributed by atoms with E-state index in [-0.39, 0.29) is 11.2 Å². The number of carbonyl (C=O) groups excluding carboxylic acids is 1. The number of amides is 1. The van der Waals surface area contributed by atoms with Gasteiger partial charge in [0.15, 0.2) is 0 Å². The third kappa shape index (κ3) is 2.86. The molecule has 0 bridgehead atoms. The summed E-state index contributed by atoms with van der Waals surface area (Å²) in [6.07, 6.45) is 0.815. The summed E-state index contributed by atoms with van der Waals surface area (Å²) in [5.74, 6) is 0.0907. The van der Waals surface area contributed by atoms with Gasteiger partial charge >= 0.3 is 0 Å². The van der Waals surface area contributed by atoms with Crippen LogP contribution in [0.3, 0.4) is 0 Å². The van der Waals surface area contributed by atoms with Gasteiger partial charge in [0.2, 0.25) is 5.91 Å². The molecule has 0 aliphatic carbocycles. The predicted octanol–water partition coefficient (Wildman–Crippen LogP) is 4.26. The number of carbonyl (C=O) groups is 1. The second-order valence-electron chi connectivity index (χ2n) is 4.89. The van der Waals surface area contributed by atoms with Crippen molar-refractivity contribution in [1.82, 2.24) is 0 Å². The van der Waals surface area contributed by atoms with Crippen LogP contribution >= 0.6 is 34.4 Å². The molecule has 1 aliphatic heterocycles. The monoisotopic (exact) mass is 395 g/mol. The van der Waals surface area contributed by atoms with E-state index in [0.717, 1.165) is 15.7 Å². The zero-order chi connectivity index (χ0) is 14.1. The van der Waals surface area contributed by atoms with Crippen LogP contribution in [0.2, 0.25) is 0 Å². The van der Waals surface area contributed by atoms with Gasteiger partial charge in [-0.05, 0) is 59.7 Å². The highest BCUT2D eigenvalue weighted by atomic mass is 127. The molecule has 4 heteroatoms. The van der Waals surface area contributed by atoms with E-state index < -0.39 is 0 Å². The van der Waals surface area contributed by atoms with E-state index in [1.807, 2.05) is 24.3 Å². The first kappa shape index (κ1) is 13.9. The molecule has 0 unspecified atom stereocenters. The maximum Gasteiger partial charge on any atom is 0.238 e. The van der Waals surface area contributed by atoms with E-state index in [1.165, 1.54) is 16.0 Å². The number of aryl methyl sites for hydroxylation is 1. The van der Waals surface area contributed by atoms with Crippen LogP contribution in [0.25, 0.3) is 0 Å². The van der Waals surface area contributed by atoms with Gasteiger partial charge in [-0.1, -0.05) is 29.8 Å². The average molecular weight is 395 g/mol. The molecule has 2 aromatic carbocycles. The summed E-state index contributed by atoms with van der Waals surface area (Å²) in [6, 6.07) is 14.3. The number of hydrogen-bond acceptors (Lipinski definition) is 2. The fraction of sp³-hybridized carbons (Fsp3) is 0.188. The van der Waals surface area contributed by atoms with Gasteiger partial charge in [-0.25, -0.2) is 0 Å². The van der Waals surface area contributed by atoms with Crippen LogP contribution in [0.1, 0.15) is 11.1 Å². The molecule has 1 aliphatic rings. The Bertz CT molecular complexity index is 671. The second-order valence-corrected chi connectivity index (χ2v) is 7.30. The van der Waals surface area contributed by atoms with Crippen LogP contribution < -0.4 is 5.32 Å². The topological polar surface area (TPSA) is 29.1 Å². The Labute approximate surface area is 136 Å². The Balaban J connectivity index is 1.73. The molecule has 2 nitrogen and oxygen atoms in total. The van der Waals surface area contributed by atoms with Gasteiger partial charge in [0, 0.05) is 8.47 Å². The summed E-state index contributed by atoms with van der Waals surface area (Å²) in [5, 5.41) is 3.01. The number of halogens is 1. The lowest BCUT2D eigenvalue weighted by Gasteiger charge is -2.11. The number of benzene rings is 2. The van der Waals surface area contributed by atoms with E-state index in [0.29, 0.717) is 0 Å². The highest BCUT2D eigenvalue weighted by Gasteiger charge is 2.28. The molecule has 1 amide bonds. The zero-order valence-corrected chi connectivity index (χ0v) is 14.0. The minimum absolute atomic E-state index is 0.0252. The van der Waals surface area contributed by atoms with Crippen LogP contribution in [0, 0.1) is 10.5 Å². The molecule has 20 heavy (non-hydrogen) atoms. The first-order valence-corrected chi connectivity index (χ1v) is 8.41. The molecule has 0 fully saturated rings. The smallest absolute Gasteiger partial charge is 0.238 e. The Hall–Kier alpha value is -1.01. The van der Waals surface area contributed by atoms with Crippen molar-refractivity contribution >= 4 is 45.9 Å². The van der Waals surface area contributed by atoms with Gasteiger partial charge in [-0.15, -0.1) is 11.8 Å². The van der Waals surface area contributed by atoms with E-state index in [2.05, 4.69) is 53.0 Å². The molecule has 0 aromatic heterocycles. The molecule has 1 heterocycles. The summed E-state index contributed by atoms with van der Waals surface area (Å²) in [5.41, 5.74) is 3.42. The highest BCUT2D eigenvalue weighted by molar-refractivity contribution is 14.1. The zero-order valence-electron chi connectivity index (χ0n) is 11.0. The first-order valence-electron chi connectivity index (χ1n) is 6.45. The third-order valence-electron chi connectivity index (χ3n) is 3.32. The Morgan fingerprint density at radius 1 is 1.30 bits per heavy atom. The minimum atomic E-state index is -0.0252. The summed E-state index contributed by atoms with van der Waals surface area (Å²) in [6.45, 7) is 2.08. The van der Waals surface area contributed by atoms with Crippen molar-refractivity contribution in [3.63, 3.8) is 0 Å². The number of rotatable bonds is 2. The van der Waals surface area contributed by atoms with Gasteiger partial charge in [-0.2, -0.15) is 0 Å². The van der Waals surface area contributed by atoms with E-state index >= 15 is 0 Å². The van der Waals surface area contributed by atoms with Crippen LogP contribution in [0.4, 0.5) is 5.69 Å². The number of para-hydroxylation sites is 1. The Morgan fingerprint density at radius 3 is 2.90 bits per heavy atom. The van der Waals surface area contributed by atoms with Crippen LogP contribution in [-0.2, 0) is 11.2 Å². The summed E-state index contributed by atoms with van der Waals surface area (Å²) < 4.78 is 1.06. The molecule has 102 valence electrons. The molecule has 0 saturated heterocycles. The largest absolute Gasteiger partial charge is 0.324 e. The Kier molecular flexibility index (Phi) is 4.03. The molecule has 0 spiro atoms. The molecule has 1 atom stereocenters. The van der Waals surface area contributed by atoms with Gasteiger partial charge < -0.3 is 5.32 Å². The van der Waals surface area contributed by atoms with Crippen LogP contribution in [0.5, 0.6) is 0 Å². The lowest BCUT2D eigenvalue weighted by atomic mass is 10.1. The van der Waals surface area contributed by atoms with Gasteiger partial charge in [-0.3, -0.25) is 4.79 Å². The quantitative estimate of drug-likeness (QED) is 0.771. The van der Waals surface area contributed by atoms with E-state index in [4.69, 9.17) is 0 Å². The normalized spacial score (nSPS) is 16.8. The van der Waals surface area contributed by atoms with Crippen molar-refractivity contribution in [2.75, 3.05) is 5.32 Å². The van der Waals surface area contributed by atoms with Crippen molar-refractivity contribution < 1.29 is 4.79 Å². The van der Waals surface area contributed by atoms with Gasteiger partial charge in [0.25, 0.3) is 0 Å². The van der Waals surface area contributed by atoms with Crippen molar-refractivity contribution in [3.8, 4) is 0 Å². The van der Waals surface area contributed by atoms with Crippen LogP contribution in [0.15, 0.2) is 47.4 Å². The van der Waals surface area contributed by atoms with Crippen LogP contribution in [-0.4, -0.2) is 11.2 Å². The maximum atomic E-state index is 12.4. The molecular formula is C16H14INOS. The first-order chi connectivity index (χ1) is 9.63. The maximum absolute atomic E-state index is 12.4. The van der Waals surface area contributed by atoms with Crippen molar-refractivity contribution in [2.45, 2.75) is 23.5 Å². The molecule has 1 N–H and O–H groups in total. The summed E-state index contributed by atoms with van der Waals surface area (Å²) in [7, 11) is 0. The van der Waals surface area contributed by atoms with Gasteiger partial charge in [0.1, 0.15) is 0 Å².